The van der Waals surface area contributed by atoms with E-state index in [1.54, 1.807) is 6.92 Å². The van der Waals surface area contributed by atoms with Gasteiger partial charge in [-0.1, -0.05) is 31.2 Å². The van der Waals surface area contributed by atoms with Crippen LogP contribution in [0.2, 0.25) is 0 Å². The monoisotopic (exact) mass is 339 g/mol. The average molecular weight is 339 g/mol. The fraction of sp³-hybridized carbons (Fsp3) is 0.200. The highest BCUT2D eigenvalue weighted by Crippen LogP contribution is 2.42. The van der Waals surface area contributed by atoms with E-state index in [1.165, 1.54) is 29.2 Å². The van der Waals surface area contributed by atoms with Gasteiger partial charge in [-0.3, -0.25) is 14.5 Å². The molecule has 128 valence electrons. The number of aryl methyl sites for hydroxylation is 1. The Labute approximate surface area is 145 Å². The number of nitrogens with zero attached hydrogens (tertiary/aromatic N) is 1. The minimum Gasteiger partial charge on any atom is -0.503 e. The highest BCUT2D eigenvalue weighted by molar-refractivity contribution is 6.16. The molecule has 0 radical (unpaired) electrons. The SMILES string of the molecule is CCC(=O)C1=C(O)C(=O)N(c2ccc(F)cc2)C1c1ccccc1C. The number of Topliss-reactive ketones (excluding diaryl/α,β-unsaturated/α-hetero) is 1. The Bertz CT molecular complexity index is 871. The minimum absolute atomic E-state index is 0.0890. The fourth-order valence-corrected chi connectivity index (χ4v) is 3.14. The van der Waals surface area contributed by atoms with Gasteiger partial charge in [-0.15, -0.1) is 0 Å². The molecule has 0 aromatic heterocycles. The molecule has 0 saturated carbocycles. The lowest BCUT2D eigenvalue weighted by Crippen LogP contribution is -2.31. The van der Waals surface area contributed by atoms with Crippen LogP contribution in [0.5, 0.6) is 0 Å². The van der Waals surface area contributed by atoms with Crippen LogP contribution < -0.4 is 4.90 Å². The summed E-state index contributed by atoms with van der Waals surface area (Å²) in [5.74, 6) is -1.91. The molecule has 1 N–H and O–H groups in total. The largest absolute Gasteiger partial charge is 0.503 e. The van der Waals surface area contributed by atoms with E-state index in [0.717, 1.165) is 11.1 Å². The van der Waals surface area contributed by atoms with E-state index in [1.807, 2.05) is 31.2 Å². The quantitative estimate of drug-likeness (QED) is 0.915. The summed E-state index contributed by atoms with van der Waals surface area (Å²) in [5, 5.41) is 10.4. The van der Waals surface area contributed by atoms with Crippen LogP contribution in [0.3, 0.4) is 0 Å². The Morgan fingerprint density at radius 1 is 1.16 bits per heavy atom. The molecule has 25 heavy (non-hydrogen) atoms. The lowest BCUT2D eigenvalue weighted by Gasteiger charge is -2.28. The van der Waals surface area contributed by atoms with Gasteiger partial charge < -0.3 is 5.11 Å². The summed E-state index contributed by atoms with van der Waals surface area (Å²) >= 11 is 0. The van der Waals surface area contributed by atoms with E-state index in [2.05, 4.69) is 0 Å². The molecule has 1 heterocycles. The van der Waals surface area contributed by atoms with Gasteiger partial charge in [0.1, 0.15) is 5.82 Å². The molecule has 1 aliphatic rings. The second kappa shape index (κ2) is 6.51. The number of anilines is 1. The minimum atomic E-state index is -0.730. The van der Waals surface area contributed by atoms with Crippen molar-refractivity contribution < 1.29 is 19.1 Å². The molecule has 1 aliphatic heterocycles. The Hall–Kier alpha value is -2.95. The van der Waals surface area contributed by atoms with Crippen molar-refractivity contribution in [1.82, 2.24) is 0 Å². The highest BCUT2D eigenvalue weighted by Gasteiger charge is 2.44. The number of hydrogen-bond acceptors (Lipinski definition) is 3. The first-order chi connectivity index (χ1) is 12.0. The number of carbonyl (C=O) groups excluding carboxylic acids is 2. The molecule has 4 nitrogen and oxygen atoms in total. The fourth-order valence-electron chi connectivity index (χ4n) is 3.14. The molecule has 0 fully saturated rings. The van der Waals surface area contributed by atoms with Gasteiger partial charge in [-0.05, 0) is 42.3 Å². The van der Waals surface area contributed by atoms with Gasteiger partial charge in [0.05, 0.1) is 11.6 Å². The lowest BCUT2D eigenvalue weighted by atomic mass is 9.92. The van der Waals surface area contributed by atoms with Crippen LogP contribution in [0.1, 0.15) is 30.5 Å². The number of carbonyl (C=O) groups is 2. The molecule has 5 heteroatoms. The van der Waals surface area contributed by atoms with Gasteiger partial charge in [0.25, 0.3) is 5.91 Å². The number of aliphatic hydroxyl groups excluding tert-OH is 1. The molecule has 1 amide bonds. The third-order valence-electron chi connectivity index (χ3n) is 4.42. The van der Waals surface area contributed by atoms with Crippen molar-refractivity contribution in [2.75, 3.05) is 4.90 Å². The van der Waals surface area contributed by atoms with Crippen molar-refractivity contribution in [2.45, 2.75) is 26.3 Å². The van der Waals surface area contributed by atoms with E-state index in [0.29, 0.717) is 5.69 Å². The molecule has 0 bridgehead atoms. The van der Waals surface area contributed by atoms with Gasteiger partial charge in [-0.2, -0.15) is 0 Å². The summed E-state index contributed by atoms with van der Waals surface area (Å²) in [7, 11) is 0. The summed E-state index contributed by atoms with van der Waals surface area (Å²) in [5.41, 5.74) is 2.15. The highest BCUT2D eigenvalue weighted by atomic mass is 19.1. The number of halogens is 1. The second-order valence-electron chi connectivity index (χ2n) is 5.95. The zero-order chi connectivity index (χ0) is 18.1. The first-order valence-corrected chi connectivity index (χ1v) is 8.06. The predicted octanol–water partition coefficient (Wildman–Crippen LogP) is 4.01. The van der Waals surface area contributed by atoms with Gasteiger partial charge in [-0.25, -0.2) is 4.39 Å². The number of hydrogen-bond donors (Lipinski definition) is 1. The first-order valence-electron chi connectivity index (χ1n) is 8.06. The van der Waals surface area contributed by atoms with E-state index in [-0.39, 0.29) is 17.8 Å². The van der Waals surface area contributed by atoms with Gasteiger partial charge in [0, 0.05) is 12.1 Å². The maximum Gasteiger partial charge on any atom is 0.294 e. The van der Waals surface area contributed by atoms with Crippen LogP contribution in [0.15, 0.2) is 59.9 Å². The second-order valence-corrected chi connectivity index (χ2v) is 5.95. The summed E-state index contributed by atoms with van der Waals surface area (Å²) in [6.45, 7) is 3.56. The Balaban J connectivity index is 2.21. The maximum atomic E-state index is 13.3. The summed E-state index contributed by atoms with van der Waals surface area (Å²) in [4.78, 5) is 26.5. The number of benzene rings is 2. The zero-order valence-electron chi connectivity index (χ0n) is 14.0. The normalized spacial score (nSPS) is 17.3. The number of amides is 1. The molecule has 0 saturated heterocycles. The lowest BCUT2D eigenvalue weighted by molar-refractivity contribution is -0.118. The number of rotatable bonds is 4. The Kier molecular flexibility index (Phi) is 4.40. The smallest absolute Gasteiger partial charge is 0.294 e. The standard InChI is InChI=1S/C20H18FNO3/c1-3-16(23)17-18(15-7-5-4-6-12(15)2)22(20(25)19(17)24)14-10-8-13(21)9-11-14/h4-11,18,24H,3H2,1-2H3. The van der Waals surface area contributed by atoms with E-state index < -0.39 is 23.5 Å². The van der Waals surface area contributed by atoms with Gasteiger partial charge in [0.15, 0.2) is 11.5 Å². The molecule has 2 aromatic carbocycles. The third kappa shape index (κ3) is 2.82. The summed E-state index contributed by atoms with van der Waals surface area (Å²) in [6.07, 6.45) is 0.173. The molecular weight excluding hydrogens is 321 g/mol. The van der Waals surface area contributed by atoms with E-state index in [4.69, 9.17) is 0 Å². The van der Waals surface area contributed by atoms with E-state index in [9.17, 15) is 19.1 Å². The molecule has 3 rings (SSSR count). The number of aliphatic hydroxyl groups is 1. The van der Waals surface area contributed by atoms with Crippen molar-refractivity contribution in [1.29, 1.82) is 0 Å². The summed E-state index contributed by atoms with van der Waals surface area (Å²) in [6, 6.07) is 12.1. The number of ketones is 1. The van der Waals surface area contributed by atoms with Crippen LogP contribution in [0.4, 0.5) is 10.1 Å². The molecule has 0 spiro atoms. The van der Waals surface area contributed by atoms with E-state index >= 15 is 0 Å². The van der Waals surface area contributed by atoms with Crippen LogP contribution in [0.25, 0.3) is 0 Å². The molecule has 2 aromatic rings. The van der Waals surface area contributed by atoms with Crippen LogP contribution >= 0.6 is 0 Å². The molecular formula is C20H18FNO3. The third-order valence-corrected chi connectivity index (χ3v) is 4.42. The van der Waals surface area contributed by atoms with Gasteiger partial charge in [0.2, 0.25) is 0 Å². The van der Waals surface area contributed by atoms with Crippen molar-refractivity contribution in [3.8, 4) is 0 Å². The van der Waals surface area contributed by atoms with Crippen LogP contribution in [-0.2, 0) is 9.59 Å². The molecule has 1 atom stereocenters. The topological polar surface area (TPSA) is 57.6 Å². The van der Waals surface area contributed by atoms with Crippen molar-refractivity contribution >= 4 is 17.4 Å². The van der Waals surface area contributed by atoms with Crippen LogP contribution in [0, 0.1) is 12.7 Å². The predicted molar refractivity (Wildman–Crippen MR) is 92.8 cm³/mol. The maximum absolute atomic E-state index is 13.3. The molecule has 0 aliphatic carbocycles. The average Bonchev–Trinajstić information content (AvgIpc) is 2.87. The first kappa shape index (κ1) is 16.9. The van der Waals surface area contributed by atoms with Crippen molar-refractivity contribution in [2.24, 2.45) is 0 Å². The van der Waals surface area contributed by atoms with Gasteiger partial charge >= 0.3 is 0 Å². The summed E-state index contributed by atoms with van der Waals surface area (Å²) < 4.78 is 13.3. The Morgan fingerprint density at radius 3 is 2.40 bits per heavy atom. The zero-order valence-corrected chi connectivity index (χ0v) is 14.0. The van der Waals surface area contributed by atoms with Crippen molar-refractivity contribution in [3.05, 3.63) is 76.8 Å². The van der Waals surface area contributed by atoms with Crippen LogP contribution in [-0.4, -0.2) is 16.8 Å². The van der Waals surface area contributed by atoms with Crippen molar-refractivity contribution in [3.63, 3.8) is 0 Å². The Morgan fingerprint density at radius 2 is 1.80 bits per heavy atom. The molecule has 1 unspecified atom stereocenters.